The van der Waals surface area contributed by atoms with Gasteiger partial charge in [-0.05, 0) is 36.8 Å². The van der Waals surface area contributed by atoms with Crippen molar-refractivity contribution in [3.05, 3.63) is 81.9 Å². The van der Waals surface area contributed by atoms with Crippen LogP contribution in [0.15, 0.2) is 75.4 Å². The van der Waals surface area contributed by atoms with Crippen molar-refractivity contribution in [3.8, 4) is 11.6 Å². The molecule has 3 heterocycles. The third-order valence-electron chi connectivity index (χ3n) is 4.67. The van der Waals surface area contributed by atoms with Gasteiger partial charge < -0.3 is 14.3 Å². The minimum absolute atomic E-state index is 0.139. The average molecular weight is 470 g/mol. The molecule has 0 saturated heterocycles. The first-order valence-electron chi connectivity index (χ1n) is 9.88. The van der Waals surface area contributed by atoms with E-state index in [9.17, 15) is 9.59 Å². The predicted octanol–water partition coefficient (Wildman–Crippen LogP) is 4.15. The molecule has 8 nitrogen and oxygen atoms in total. The summed E-state index contributed by atoms with van der Waals surface area (Å²) in [6, 6.07) is 13.9. The zero-order chi connectivity index (χ0) is 22.5. The minimum atomic E-state index is -0.219. The molecule has 0 aliphatic rings. The van der Waals surface area contributed by atoms with Crippen molar-refractivity contribution in [3.63, 3.8) is 0 Å². The van der Waals surface area contributed by atoms with E-state index in [0.717, 1.165) is 5.56 Å². The highest BCUT2D eigenvalue weighted by Crippen LogP contribution is 2.24. The van der Waals surface area contributed by atoms with Crippen LogP contribution in [0.4, 0.5) is 5.69 Å². The van der Waals surface area contributed by atoms with E-state index in [0.29, 0.717) is 40.5 Å². The van der Waals surface area contributed by atoms with Gasteiger partial charge in [-0.3, -0.25) is 14.2 Å². The second-order valence-corrected chi connectivity index (χ2v) is 8.19. The van der Waals surface area contributed by atoms with Crippen molar-refractivity contribution in [2.75, 3.05) is 11.1 Å². The largest absolute Gasteiger partial charge is 0.461 e. The lowest BCUT2D eigenvalue weighted by Gasteiger charge is -2.11. The summed E-state index contributed by atoms with van der Waals surface area (Å²) in [5, 5.41) is 12.4. The third-order valence-corrected chi connectivity index (χ3v) is 6.01. The van der Waals surface area contributed by atoms with Crippen molar-refractivity contribution < 1.29 is 9.21 Å². The molecule has 0 aliphatic heterocycles. The number of nitrogens with one attached hydrogen (secondary N) is 1. The van der Waals surface area contributed by atoms with Gasteiger partial charge >= 0.3 is 0 Å². The van der Waals surface area contributed by atoms with Gasteiger partial charge in [0, 0.05) is 23.8 Å². The van der Waals surface area contributed by atoms with Crippen LogP contribution in [-0.2, 0) is 17.9 Å². The van der Waals surface area contributed by atoms with Crippen molar-refractivity contribution in [1.82, 2.24) is 19.3 Å². The summed E-state index contributed by atoms with van der Waals surface area (Å²) in [6.45, 7) is 2.92. The lowest BCUT2D eigenvalue weighted by molar-refractivity contribution is -0.113. The van der Waals surface area contributed by atoms with E-state index < -0.39 is 0 Å². The molecule has 10 heteroatoms. The molecule has 32 heavy (non-hydrogen) atoms. The second-order valence-electron chi connectivity index (χ2n) is 6.84. The Balaban J connectivity index is 1.42. The Kier molecular flexibility index (Phi) is 6.77. The SMILES string of the molecule is CCn1c(SCC(=O)Nc2ccc(=O)n(Cc3ccccc3Cl)c2)nnc1-c1ccco1. The molecule has 0 atom stereocenters. The first-order valence-corrected chi connectivity index (χ1v) is 11.2. The number of hydrogen-bond donors (Lipinski definition) is 1. The minimum Gasteiger partial charge on any atom is -0.461 e. The van der Waals surface area contributed by atoms with Gasteiger partial charge in [0.15, 0.2) is 16.7 Å². The fraction of sp³-hybridized carbons (Fsp3) is 0.182. The van der Waals surface area contributed by atoms with Gasteiger partial charge in [-0.2, -0.15) is 0 Å². The highest BCUT2D eigenvalue weighted by molar-refractivity contribution is 7.99. The predicted molar refractivity (Wildman–Crippen MR) is 124 cm³/mol. The Bertz CT molecular complexity index is 1280. The maximum Gasteiger partial charge on any atom is 0.250 e. The Morgan fingerprint density at radius 3 is 2.75 bits per heavy atom. The third kappa shape index (κ3) is 4.95. The summed E-state index contributed by atoms with van der Waals surface area (Å²) in [7, 11) is 0. The molecule has 4 aromatic rings. The molecule has 0 aliphatic carbocycles. The van der Waals surface area contributed by atoms with Gasteiger partial charge in [-0.15, -0.1) is 10.2 Å². The van der Waals surface area contributed by atoms with Crippen molar-refractivity contribution in [2.45, 2.75) is 25.2 Å². The molecule has 0 unspecified atom stereocenters. The highest BCUT2D eigenvalue weighted by Gasteiger charge is 2.16. The molecule has 0 spiro atoms. The molecule has 0 bridgehead atoms. The number of benzene rings is 1. The summed E-state index contributed by atoms with van der Waals surface area (Å²) >= 11 is 7.48. The van der Waals surface area contributed by atoms with Crippen LogP contribution >= 0.6 is 23.4 Å². The van der Waals surface area contributed by atoms with Gasteiger partial charge in [0.1, 0.15) is 0 Å². The number of nitrogens with zero attached hydrogens (tertiary/aromatic N) is 4. The summed E-state index contributed by atoms with van der Waals surface area (Å²) < 4.78 is 8.80. The zero-order valence-corrected chi connectivity index (χ0v) is 18.8. The normalized spacial score (nSPS) is 10.9. The van der Waals surface area contributed by atoms with Crippen molar-refractivity contribution >= 4 is 35.0 Å². The first-order chi connectivity index (χ1) is 15.5. The Morgan fingerprint density at radius 2 is 2.00 bits per heavy atom. The Hall–Kier alpha value is -3.30. The van der Waals surface area contributed by atoms with Crippen LogP contribution < -0.4 is 10.9 Å². The summed E-state index contributed by atoms with van der Waals surface area (Å²) in [5.41, 5.74) is 1.16. The number of rotatable bonds is 8. The fourth-order valence-corrected chi connectivity index (χ4v) is 4.13. The Morgan fingerprint density at radius 1 is 1.16 bits per heavy atom. The Labute approximate surface area is 193 Å². The maximum absolute atomic E-state index is 12.5. The topological polar surface area (TPSA) is 95.0 Å². The van der Waals surface area contributed by atoms with Gasteiger partial charge in [-0.25, -0.2) is 0 Å². The number of halogens is 1. The van der Waals surface area contributed by atoms with E-state index in [1.54, 1.807) is 30.7 Å². The smallest absolute Gasteiger partial charge is 0.250 e. The number of anilines is 1. The number of amides is 1. The van der Waals surface area contributed by atoms with Crippen LogP contribution in [0.25, 0.3) is 11.6 Å². The number of pyridine rings is 1. The van der Waals surface area contributed by atoms with Gasteiger partial charge in [0.2, 0.25) is 5.91 Å². The van der Waals surface area contributed by atoms with Gasteiger partial charge in [0.05, 0.1) is 24.2 Å². The first kappa shape index (κ1) is 21.9. The second kappa shape index (κ2) is 9.88. The van der Waals surface area contributed by atoms with Crippen LogP contribution in [-0.4, -0.2) is 31.0 Å². The summed E-state index contributed by atoms with van der Waals surface area (Å²) in [4.78, 5) is 24.7. The van der Waals surface area contributed by atoms with Crippen LogP contribution in [0.5, 0.6) is 0 Å². The molecule has 0 radical (unpaired) electrons. The zero-order valence-electron chi connectivity index (χ0n) is 17.2. The average Bonchev–Trinajstić information content (AvgIpc) is 3.45. The molecular weight excluding hydrogens is 450 g/mol. The summed E-state index contributed by atoms with van der Waals surface area (Å²) in [5.74, 6) is 1.16. The lowest BCUT2D eigenvalue weighted by Crippen LogP contribution is -2.22. The molecule has 4 rings (SSSR count). The monoisotopic (exact) mass is 469 g/mol. The molecule has 164 valence electrons. The van der Waals surface area contributed by atoms with Crippen LogP contribution in [0.2, 0.25) is 5.02 Å². The van der Waals surface area contributed by atoms with E-state index in [4.69, 9.17) is 16.0 Å². The quantitative estimate of drug-likeness (QED) is 0.389. The molecule has 0 fully saturated rings. The van der Waals surface area contributed by atoms with Crippen LogP contribution in [0, 0.1) is 0 Å². The number of furan rings is 1. The number of carbonyl (C=O) groups excluding carboxylic acids is 1. The number of hydrogen-bond acceptors (Lipinski definition) is 6. The molecule has 1 amide bonds. The maximum atomic E-state index is 12.5. The van der Waals surface area contributed by atoms with E-state index in [-0.39, 0.29) is 17.2 Å². The summed E-state index contributed by atoms with van der Waals surface area (Å²) in [6.07, 6.45) is 3.19. The van der Waals surface area contributed by atoms with Crippen LogP contribution in [0.1, 0.15) is 12.5 Å². The van der Waals surface area contributed by atoms with E-state index in [1.165, 1.54) is 22.4 Å². The van der Waals surface area contributed by atoms with Gasteiger partial charge in [0.25, 0.3) is 5.56 Å². The van der Waals surface area contributed by atoms with Crippen molar-refractivity contribution in [2.24, 2.45) is 0 Å². The van der Waals surface area contributed by atoms with E-state index in [2.05, 4.69) is 15.5 Å². The van der Waals surface area contributed by atoms with E-state index >= 15 is 0 Å². The standard InChI is InChI=1S/C22H20ClN5O3S/c1-2-28-21(18-8-5-11-31-18)25-26-22(28)32-14-19(29)24-16-9-10-20(30)27(13-16)12-15-6-3-4-7-17(15)23/h3-11,13H,2,12,14H2,1H3,(H,24,29). The van der Waals surface area contributed by atoms with E-state index in [1.807, 2.05) is 35.8 Å². The van der Waals surface area contributed by atoms with Crippen molar-refractivity contribution in [1.29, 1.82) is 0 Å². The molecule has 1 aromatic carbocycles. The number of thioether (sulfide) groups is 1. The number of aromatic nitrogens is 4. The molecule has 1 N–H and O–H groups in total. The molecule has 3 aromatic heterocycles. The number of carbonyl (C=O) groups is 1. The highest BCUT2D eigenvalue weighted by atomic mass is 35.5. The molecule has 0 saturated carbocycles. The van der Waals surface area contributed by atoms with Gasteiger partial charge in [-0.1, -0.05) is 41.6 Å². The lowest BCUT2D eigenvalue weighted by atomic mass is 10.2. The fourth-order valence-electron chi connectivity index (χ4n) is 3.13. The van der Waals surface area contributed by atoms with Crippen LogP contribution in [0.3, 0.4) is 0 Å². The molecular formula is C22H20ClN5O3S.